The van der Waals surface area contributed by atoms with Gasteiger partial charge in [0.25, 0.3) is 0 Å². The number of amides is 1. The molecule has 1 saturated heterocycles. The highest BCUT2D eigenvalue weighted by Crippen LogP contribution is 2.29. The number of carbonyl (C=O) groups excluding carboxylic acids is 2. The average molecular weight is 365 g/mol. The molecule has 1 atom stereocenters. The summed E-state index contributed by atoms with van der Waals surface area (Å²) in [4.78, 5) is 27.0. The van der Waals surface area contributed by atoms with Crippen LogP contribution in [0.4, 0.5) is 0 Å². The zero-order valence-electron chi connectivity index (χ0n) is 15.8. The Hall–Kier alpha value is -2.62. The summed E-state index contributed by atoms with van der Waals surface area (Å²) in [5.41, 5.74) is 2.27. The Morgan fingerprint density at radius 1 is 1.04 bits per heavy atom. The predicted octanol–water partition coefficient (Wildman–Crippen LogP) is 4.01. The predicted molar refractivity (Wildman–Crippen MR) is 105 cm³/mol. The third-order valence-corrected chi connectivity index (χ3v) is 5.18. The van der Waals surface area contributed by atoms with E-state index in [1.807, 2.05) is 48.2 Å². The summed E-state index contributed by atoms with van der Waals surface area (Å²) < 4.78 is 5.15. The number of esters is 1. The number of hydrogen-bond acceptors (Lipinski definition) is 3. The maximum absolute atomic E-state index is 13.1. The van der Waals surface area contributed by atoms with Crippen molar-refractivity contribution in [2.75, 3.05) is 19.7 Å². The monoisotopic (exact) mass is 365 g/mol. The van der Waals surface area contributed by atoms with Crippen molar-refractivity contribution in [2.24, 2.45) is 5.92 Å². The van der Waals surface area contributed by atoms with E-state index < -0.39 is 0 Å². The smallest absolute Gasteiger partial charge is 0.310 e. The van der Waals surface area contributed by atoms with Gasteiger partial charge in [0, 0.05) is 25.4 Å². The molecule has 4 nitrogen and oxygen atoms in total. The van der Waals surface area contributed by atoms with Crippen LogP contribution >= 0.6 is 0 Å². The Bertz CT molecular complexity index is 705. The second-order valence-corrected chi connectivity index (χ2v) is 7.01. The van der Waals surface area contributed by atoms with Crippen LogP contribution in [0.25, 0.3) is 0 Å². The van der Waals surface area contributed by atoms with Crippen molar-refractivity contribution in [3.8, 4) is 0 Å². The van der Waals surface area contributed by atoms with E-state index in [1.54, 1.807) is 0 Å². The lowest BCUT2D eigenvalue weighted by Crippen LogP contribution is -2.43. The molecule has 1 aliphatic heterocycles. The van der Waals surface area contributed by atoms with Crippen LogP contribution in [-0.2, 0) is 14.3 Å². The van der Waals surface area contributed by atoms with Crippen LogP contribution < -0.4 is 0 Å². The minimum absolute atomic E-state index is 0.0165. The van der Waals surface area contributed by atoms with Gasteiger partial charge in [-0.2, -0.15) is 0 Å². The normalized spacial score (nSPS) is 17.0. The number of rotatable bonds is 6. The molecule has 0 bridgehead atoms. The van der Waals surface area contributed by atoms with Gasteiger partial charge in [-0.1, -0.05) is 60.7 Å². The van der Waals surface area contributed by atoms with E-state index in [-0.39, 0.29) is 23.7 Å². The first-order valence-electron chi connectivity index (χ1n) is 9.73. The van der Waals surface area contributed by atoms with Crippen LogP contribution in [0.1, 0.15) is 43.2 Å². The number of hydrogen-bond donors (Lipinski definition) is 0. The summed E-state index contributed by atoms with van der Waals surface area (Å²) in [6.07, 6.45) is 2.05. The van der Waals surface area contributed by atoms with Crippen molar-refractivity contribution in [2.45, 2.75) is 32.1 Å². The largest absolute Gasteiger partial charge is 0.466 e. The van der Waals surface area contributed by atoms with Gasteiger partial charge in [-0.25, -0.2) is 0 Å². The molecule has 0 aliphatic carbocycles. The van der Waals surface area contributed by atoms with Crippen molar-refractivity contribution < 1.29 is 14.3 Å². The fourth-order valence-corrected chi connectivity index (χ4v) is 3.76. The molecule has 142 valence electrons. The maximum Gasteiger partial charge on any atom is 0.310 e. The van der Waals surface area contributed by atoms with Crippen LogP contribution in [0, 0.1) is 5.92 Å². The highest BCUT2D eigenvalue weighted by atomic mass is 16.5. The maximum atomic E-state index is 13.1. The van der Waals surface area contributed by atoms with E-state index in [2.05, 4.69) is 24.3 Å². The van der Waals surface area contributed by atoms with Gasteiger partial charge in [0.05, 0.1) is 12.5 Å². The molecule has 0 N–H and O–H groups in total. The van der Waals surface area contributed by atoms with Crippen LogP contribution in [0.15, 0.2) is 60.7 Å². The number of piperidine rings is 1. The average Bonchev–Trinajstić information content (AvgIpc) is 2.73. The summed E-state index contributed by atoms with van der Waals surface area (Å²) in [7, 11) is 0. The Labute approximate surface area is 161 Å². The van der Waals surface area contributed by atoms with Crippen molar-refractivity contribution in [1.29, 1.82) is 0 Å². The minimum Gasteiger partial charge on any atom is -0.466 e. The zero-order valence-corrected chi connectivity index (χ0v) is 15.8. The molecule has 0 unspecified atom stereocenters. The fraction of sp³-hybridized carbons (Fsp3) is 0.391. The molecule has 1 amide bonds. The molecule has 1 fully saturated rings. The molecule has 2 aromatic rings. The third-order valence-electron chi connectivity index (χ3n) is 5.18. The van der Waals surface area contributed by atoms with Gasteiger partial charge in [0.1, 0.15) is 0 Å². The third kappa shape index (κ3) is 4.97. The van der Waals surface area contributed by atoms with E-state index in [0.717, 1.165) is 24.0 Å². The molecule has 3 rings (SSSR count). The first kappa shape index (κ1) is 19.2. The van der Waals surface area contributed by atoms with Crippen LogP contribution in [0.5, 0.6) is 0 Å². The summed E-state index contributed by atoms with van der Waals surface area (Å²) in [6, 6.07) is 20.3. The standard InChI is InChI=1S/C23H27NO3/c1-2-27-23(26)20-14-9-15-24(17-20)22(25)16-21(18-10-5-3-6-11-18)19-12-7-4-8-13-19/h3-8,10-13,20-21H,2,9,14-17H2,1H3/t20-/m0/s1. The number of benzene rings is 2. The van der Waals surface area contributed by atoms with E-state index in [9.17, 15) is 9.59 Å². The van der Waals surface area contributed by atoms with E-state index in [1.165, 1.54) is 0 Å². The lowest BCUT2D eigenvalue weighted by Gasteiger charge is -2.32. The number of carbonyl (C=O) groups is 2. The van der Waals surface area contributed by atoms with E-state index in [4.69, 9.17) is 4.74 Å². The Balaban J connectivity index is 1.74. The fourth-order valence-electron chi connectivity index (χ4n) is 3.76. The lowest BCUT2D eigenvalue weighted by atomic mass is 9.87. The van der Waals surface area contributed by atoms with E-state index in [0.29, 0.717) is 26.1 Å². The molecule has 0 radical (unpaired) electrons. The summed E-state index contributed by atoms with van der Waals surface area (Å²) in [6.45, 7) is 3.38. The molecule has 0 aromatic heterocycles. The quantitative estimate of drug-likeness (QED) is 0.727. The summed E-state index contributed by atoms with van der Waals surface area (Å²) in [5, 5.41) is 0. The van der Waals surface area contributed by atoms with Gasteiger partial charge >= 0.3 is 5.97 Å². The second-order valence-electron chi connectivity index (χ2n) is 7.01. The second kappa shape index (κ2) is 9.36. The summed E-state index contributed by atoms with van der Waals surface area (Å²) in [5.74, 6) is -0.267. The molecule has 0 spiro atoms. The summed E-state index contributed by atoms with van der Waals surface area (Å²) >= 11 is 0. The van der Waals surface area contributed by atoms with Crippen molar-refractivity contribution in [1.82, 2.24) is 4.90 Å². The zero-order chi connectivity index (χ0) is 19.1. The topological polar surface area (TPSA) is 46.6 Å². The molecule has 4 heteroatoms. The molecular formula is C23H27NO3. The van der Waals surface area contributed by atoms with Gasteiger partial charge in [-0.05, 0) is 30.9 Å². The Morgan fingerprint density at radius 3 is 2.19 bits per heavy atom. The number of ether oxygens (including phenoxy) is 1. The molecule has 1 aliphatic rings. The molecule has 27 heavy (non-hydrogen) atoms. The first-order valence-corrected chi connectivity index (χ1v) is 9.73. The van der Waals surface area contributed by atoms with Crippen LogP contribution in [-0.4, -0.2) is 36.5 Å². The van der Waals surface area contributed by atoms with E-state index >= 15 is 0 Å². The first-order chi connectivity index (χ1) is 13.2. The lowest BCUT2D eigenvalue weighted by molar-refractivity contribution is -0.151. The molecule has 0 saturated carbocycles. The van der Waals surface area contributed by atoms with Crippen LogP contribution in [0.2, 0.25) is 0 Å². The van der Waals surface area contributed by atoms with Gasteiger partial charge in [-0.3, -0.25) is 9.59 Å². The highest BCUT2D eigenvalue weighted by molar-refractivity contribution is 5.79. The highest BCUT2D eigenvalue weighted by Gasteiger charge is 2.30. The van der Waals surface area contributed by atoms with Crippen molar-refractivity contribution >= 4 is 11.9 Å². The van der Waals surface area contributed by atoms with Crippen LogP contribution in [0.3, 0.4) is 0 Å². The molecule has 1 heterocycles. The van der Waals surface area contributed by atoms with Gasteiger partial charge < -0.3 is 9.64 Å². The van der Waals surface area contributed by atoms with Crippen molar-refractivity contribution in [3.63, 3.8) is 0 Å². The minimum atomic E-state index is -0.199. The molecule has 2 aromatic carbocycles. The van der Waals surface area contributed by atoms with Crippen molar-refractivity contribution in [3.05, 3.63) is 71.8 Å². The number of nitrogens with zero attached hydrogens (tertiary/aromatic N) is 1. The SMILES string of the molecule is CCOC(=O)[C@H]1CCCN(C(=O)CC(c2ccccc2)c2ccccc2)C1. The number of likely N-dealkylation sites (tertiary alicyclic amines) is 1. The Kier molecular flexibility index (Phi) is 6.64. The Morgan fingerprint density at radius 2 is 1.63 bits per heavy atom. The molecular weight excluding hydrogens is 338 g/mol. The van der Waals surface area contributed by atoms with Gasteiger partial charge in [0.2, 0.25) is 5.91 Å². The van der Waals surface area contributed by atoms with Gasteiger partial charge in [0.15, 0.2) is 0 Å². The van der Waals surface area contributed by atoms with Gasteiger partial charge in [-0.15, -0.1) is 0 Å².